The molecule has 0 amide bonds. The molecule has 1 aromatic heterocycles. The lowest BCUT2D eigenvalue weighted by atomic mass is 10.3. The minimum Gasteiger partial charge on any atom is -0.397 e. The molecular formula is C17H32N2O3S. The van der Waals surface area contributed by atoms with Crippen molar-refractivity contribution in [1.29, 1.82) is 0 Å². The highest BCUT2D eigenvalue weighted by Crippen LogP contribution is 2.08. The van der Waals surface area contributed by atoms with Crippen LogP contribution >= 0.6 is 13.5 Å². The largest absolute Gasteiger partial charge is 0.397 e. The van der Waals surface area contributed by atoms with E-state index in [2.05, 4.69) is 21.6 Å². The van der Waals surface area contributed by atoms with Crippen LogP contribution in [0.2, 0.25) is 0 Å². The van der Waals surface area contributed by atoms with Crippen LogP contribution in [-0.2, 0) is 11.2 Å². The van der Waals surface area contributed by atoms with Crippen molar-refractivity contribution in [3.63, 3.8) is 0 Å². The van der Waals surface area contributed by atoms with Crippen LogP contribution < -0.4 is 0 Å². The minimum atomic E-state index is 0. The highest BCUT2D eigenvalue weighted by atomic mass is 32.1. The number of aromatic nitrogens is 2. The first-order valence-corrected chi connectivity index (χ1v) is 7.56. The molecule has 1 aromatic carbocycles. The van der Waals surface area contributed by atoms with Crippen molar-refractivity contribution in [2.75, 3.05) is 26.9 Å². The summed E-state index contributed by atoms with van der Waals surface area (Å²) < 4.78 is 4.54. The third kappa shape index (κ3) is 15.5. The van der Waals surface area contributed by atoms with Crippen molar-refractivity contribution in [3.05, 3.63) is 36.2 Å². The summed E-state index contributed by atoms with van der Waals surface area (Å²) in [4.78, 5) is 8.72. The molecule has 0 aliphatic rings. The van der Waals surface area contributed by atoms with Crippen molar-refractivity contribution in [2.45, 2.75) is 34.1 Å². The van der Waals surface area contributed by atoms with Crippen LogP contribution in [0.4, 0.5) is 0 Å². The van der Waals surface area contributed by atoms with Crippen LogP contribution in [0.3, 0.4) is 0 Å². The Morgan fingerprint density at radius 1 is 0.957 bits per heavy atom. The van der Waals surface area contributed by atoms with Gasteiger partial charge in [0.05, 0.1) is 16.7 Å². The first-order chi connectivity index (χ1) is 10.6. The predicted octanol–water partition coefficient (Wildman–Crippen LogP) is 2.95. The molecule has 23 heavy (non-hydrogen) atoms. The molecule has 1 heterocycles. The van der Waals surface area contributed by atoms with Crippen LogP contribution in [0.15, 0.2) is 30.5 Å². The molecule has 0 atom stereocenters. The molecule has 2 aromatic rings. The second-order valence-electron chi connectivity index (χ2n) is 3.91. The van der Waals surface area contributed by atoms with Crippen molar-refractivity contribution in [2.24, 2.45) is 0 Å². The Morgan fingerprint density at radius 3 is 1.78 bits per heavy atom. The minimum absolute atomic E-state index is 0. The number of methoxy groups -OCH3 is 1. The van der Waals surface area contributed by atoms with Gasteiger partial charge in [0.25, 0.3) is 0 Å². The van der Waals surface area contributed by atoms with E-state index in [0.29, 0.717) is 0 Å². The van der Waals surface area contributed by atoms with Gasteiger partial charge in [-0.25, -0.2) is 4.98 Å². The Morgan fingerprint density at radius 2 is 1.39 bits per heavy atom. The highest BCUT2D eigenvalue weighted by molar-refractivity contribution is 7.59. The van der Waals surface area contributed by atoms with Gasteiger partial charge in [0.1, 0.15) is 0 Å². The second kappa shape index (κ2) is 20.8. The Balaban J connectivity index is -0.000000308. The molecule has 0 aliphatic heterocycles. The molecule has 0 saturated heterocycles. The molecule has 0 fully saturated rings. The first kappa shape index (κ1) is 26.7. The molecule has 0 saturated carbocycles. The summed E-state index contributed by atoms with van der Waals surface area (Å²) in [5.74, 6) is 0. The summed E-state index contributed by atoms with van der Waals surface area (Å²) in [6.45, 7) is 8.72. The van der Waals surface area contributed by atoms with Crippen molar-refractivity contribution in [3.8, 4) is 0 Å². The summed E-state index contributed by atoms with van der Waals surface area (Å²) in [5.41, 5.74) is 3.00. The summed E-state index contributed by atoms with van der Waals surface area (Å²) in [5, 5.41) is 15.1. The molecule has 0 unspecified atom stereocenters. The van der Waals surface area contributed by atoms with Gasteiger partial charge < -0.3 is 14.9 Å². The van der Waals surface area contributed by atoms with E-state index in [4.69, 9.17) is 10.2 Å². The van der Waals surface area contributed by atoms with E-state index < -0.39 is 0 Å². The molecule has 6 heteroatoms. The topological polar surface area (TPSA) is 75.5 Å². The van der Waals surface area contributed by atoms with Gasteiger partial charge in [-0.15, -0.1) is 0 Å². The number of rotatable bonds is 2. The predicted molar refractivity (Wildman–Crippen MR) is 102 cm³/mol. The van der Waals surface area contributed by atoms with Gasteiger partial charge >= 0.3 is 0 Å². The van der Waals surface area contributed by atoms with Gasteiger partial charge in [0.2, 0.25) is 0 Å². The molecule has 0 aliphatic carbocycles. The smallest absolute Gasteiger partial charge is 0.0890 e. The number of para-hydroxylation sites is 2. The first-order valence-electron chi connectivity index (χ1n) is 7.56. The quantitative estimate of drug-likeness (QED) is 0.876. The standard InChI is InChI=1S/C10H10N2.C3H8O.2C2H6O.H2S/c1-2-8-7-11-9-5-3-4-6-10(9)12-8;1-3-4-2;2*1-2-3;/h3-7H,2H2,1H3;3H2,1-2H3;2*3H,2H2,1H3;1H2. The number of benzene rings is 1. The maximum atomic E-state index is 7.57. The summed E-state index contributed by atoms with van der Waals surface area (Å²) in [7, 11) is 1.68. The number of aliphatic hydroxyl groups is 2. The van der Waals surface area contributed by atoms with Crippen LogP contribution in [0.1, 0.15) is 33.4 Å². The van der Waals surface area contributed by atoms with Crippen LogP contribution in [0.5, 0.6) is 0 Å². The monoisotopic (exact) mass is 344 g/mol. The number of ether oxygens (including phenoxy) is 1. The van der Waals surface area contributed by atoms with E-state index in [1.54, 1.807) is 21.0 Å². The number of aryl methyl sites for hydroxylation is 1. The highest BCUT2D eigenvalue weighted by Gasteiger charge is 1.95. The Labute approximate surface area is 147 Å². The second-order valence-corrected chi connectivity index (χ2v) is 3.91. The van der Waals surface area contributed by atoms with Crippen molar-refractivity contribution < 1.29 is 14.9 Å². The SMILES string of the molecule is CCO.CCO.CCOC.CCc1cnc2ccccc2n1.S. The summed E-state index contributed by atoms with van der Waals surface area (Å²) in [6, 6.07) is 7.92. The van der Waals surface area contributed by atoms with Gasteiger partial charge in [-0.3, -0.25) is 4.98 Å². The molecule has 0 spiro atoms. The van der Waals surface area contributed by atoms with E-state index >= 15 is 0 Å². The van der Waals surface area contributed by atoms with E-state index in [1.165, 1.54) is 0 Å². The van der Waals surface area contributed by atoms with Gasteiger partial charge in [0, 0.05) is 33.1 Å². The normalized spacial score (nSPS) is 8.30. The van der Waals surface area contributed by atoms with Crippen LogP contribution in [0.25, 0.3) is 11.0 Å². The Bertz CT molecular complexity index is 466. The lowest BCUT2D eigenvalue weighted by molar-refractivity contribution is 0.215. The molecule has 0 bridgehead atoms. The zero-order chi connectivity index (χ0) is 17.2. The van der Waals surface area contributed by atoms with E-state index in [-0.39, 0.29) is 26.7 Å². The molecule has 2 N–H and O–H groups in total. The van der Waals surface area contributed by atoms with Gasteiger partial charge in [-0.2, -0.15) is 13.5 Å². The number of hydrogen-bond donors (Lipinski definition) is 2. The molecule has 0 radical (unpaired) electrons. The summed E-state index contributed by atoms with van der Waals surface area (Å²) >= 11 is 0. The number of fused-ring (bicyclic) bond motifs is 1. The fourth-order valence-corrected chi connectivity index (χ4v) is 1.17. The lowest BCUT2D eigenvalue weighted by Gasteiger charge is -1.97. The summed E-state index contributed by atoms with van der Waals surface area (Å²) in [6.07, 6.45) is 2.78. The lowest BCUT2D eigenvalue weighted by Crippen LogP contribution is -1.89. The molecule has 2 rings (SSSR count). The molecular weight excluding hydrogens is 312 g/mol. The number of hydrogen-bond acceptors (Lipinski definition) is 5. The van der Waals surface area contributed by atoms with Gasteiger partial charge in [-0.1, -0.05) is 19.1 Å². The zero-order valence-corrected chi connectivity index (χ0v) is 15.9. The Kier molecular flexibility index (Phi) is 24.1. The maximum absolute atomic E-state index is 7.57. The van der Waals surface area contributed by atoms with Gasteiger partial charge in [-0.05, 0) is 39.3 Å². The fraction of sp³-hybridized carbons (Fsp3) is 0.529. The average molecular weight is 345 g/mol. The van der Waals surface area contributed by atoms with Crippen LogP contribution in [0, 0.1) is 0 Å². The van der Waals surface area contributed by atoms with E-state index in [9.17, 15) is 0 Å². The third-order valence-corrected chi connectivity index (χ3v) is 2.15. The van der Waals surface area contributed by atoms with E-state index in [1.807, 2.05) is 37.4 Å². The van der Waals surface area contributed by atoms with Crippen LogP contribution in [-0.4, -0.2) is 47.1 Å². The number of aliphatic hydroxyl groups excluding tert-OH is 2. The number of nitrogens with zero attached hydrogens (tertiary/aromatic N) is 2. The third-order valence-electron chi connectivity index (χ3n) is 2.15. The Hall–Kier alpha value is -1.21. The zero-order valence-electron chi connectivity index (χ0n) is 14.9. The van der Waals surface area contributed by atoms with E-state index in [0.717, 1.165) is 29.8 Å². The van der Waals surface area contributed by atoms with Gasteiger partial charge in [0.15, 0.2) is 0 Å². The van der Waals surface area contributed by atoms with Crippen molar-refractivity contribution in [1.82, 2.24) is 9.97 Å². The van der Waals surface area contributed by atoms with Crippen molar-refractivity contribution >= 4 is 24.5 Å². The average Bonchev–Trinajstić information content (AvgIpc) is 2.56. The fourth-order valence-electron chi connectivity index (χ4n) is 1.17. The molecule has 5 nitrogen and oxygen atoms in total. The maximum Gasteiger partial charge on any atom is 0.0890 e. The molecule has 134 valence electrons.